The van der Waals surface area contributed by atoms with Crippen LogP contribution in [0, 0.1) is 17.4 Å². The lowest BCUT2D eigenvalue weighted by atomic mass is 10.1. The number of nitrogens with two attached hydrogens (primary N) is 1. The van der Waals surface area contributed by atoms with Gasteiger partial charge in [0.25, 0.3) is 11.8 Å². The second kappa shape index (κ2) is 20.6. The number of anilines is 7. The third-order valence-electron chi connectivity index (χ3n) is 10.3. The van der Waals surface area contributed by atoms with Gasteiger partial charge in [-0.2, -0.15) is 18.4 Å². The Balaban J connectivity index is 0.902. The largest absolute Gasteiger partial charge is 0.417 e. The lowest BCUT2D eigenvalue weighted by molar-refractivity contribution is -0.137. The lowest BCUT2D eigenvalue weighted by Crippen LogP contribution is -2.16. The van der Waals surface area contributed by atoms with Gasteiger partial charge in [0.05, 0.1) is 50.9 Å². The molecule has 6 heterocycles. The average molecular weight is 1000 g/mol. The van der Waals surface area contributed by atoms with Crippen molar-refractivity contribution >= 4 is 89.9 Å². The standard InChI is InChI=1S/C51H32F3N11O3S3/c52-51(53,54)34-17-19-43(58-27-34)63-50-38(23-41(71-50)32-14-8-3-9-15-32)47(68)65-60-26-29-16-18-42(57-25-29)62-49-37(22-40(70-49)31-12-6-2-7-13-31)46(67)61-35-20-33(24-55)45(59-28-35)64-48-36(44(56)66)21-39(69-48)30-10-4-1-5-11-30/h1-23,25,27-28H,(H6,56,58,59,61,63,64,65,66,67,68)/p+1. The first kappa shape index (κ1) is 46.9. The zero-order valence-corrected chi connectivity index (χ0v) is 38.9. The zero-order valence-electron chi connectivity index (χ0n) is 36.4. The SMILES string of the molecule is N#Cc1cc(NC(=O)c2cc(-c3ccccc3)sc2Nc2ccc(C#[N+]NC(=O)c3cc(-c4ccccc4)sc3Nc3ccc(C(F)(F)F)cn3)cn2)cnc1Nc1sc(-c2ccccc2)cc1C(N)=O. The van der Waals surface area contributed by atoms with Gasteiger partial charge in [-0.05, 0) is 70.6 Å². The number of alkyl halides is 3. The van der Waals surface area contributed by atoms with Crippen LogP contribution in [0.15, 0.2) is 158 Å². The number of carbonyl (C=O) groups excluding carboxylic acids is 3. The highest BCUT2D eigenvalue weighted by atomic mass is 32.1. The first-order chi connectivity index (χ1) is 34.4. The summed E-state index contributed by atoms with van der Waals surface area (Å²) in [6.07, 6.45) is -0.987. The molecule has 0 saturated heterocycles. The highest BCUT2D eigenvalue weighted by molar-refractivity contribution is 7.20. The summed E-state index contributed by atoms with van der Waals surface area (Å²) in [5.74, 6) is -1.12. The van der Waals surface area contributed by atoms with Gasteiger partial charge in [-0.15, -0.1) is 34.0 Å². The minimum atomic E-state index is -4.55. The third kappa shape index (κ3) is 11.1. The minimum Gasteiger partial charge on any atom is -0.366 e. The minimum absolute atomic E-state index is 0.102. The van der Waals surface area contributed by atoms with Crippen LogP contribution in [0.25, 0.3) is 36.3 Å². The summed E-state index contributed by atoms with van der Waals surface area (Å²) in [6, 6.07) is 45.0. The average Bonchev–Trinajstić information content (AvgIpc) is 4.13. The summed E-state index contributed by atoms with van der Waals surface area (Å²) >= 11 is 3.83. The number of hydrogen-bond donors (Lipinski definition) is 6. The number of pyridine rings is 3. The van der Waals surface area contributed by atoms with Gasteiger partial charge in [-0.25, -0.2) is 15.0 Å². The monoisotopic (exact) mass is 1000 g/mol. The quantitative estimate of drug-likeness (QED) is 0.0603. The highest BCUT2D eigenvalue weighted by Gasteiger charge is 2.31. The van der Waals surface area contributed by atoms with Crippen LogP contribution in [0.3, 0.4) is 0 Å². The number of benzene rings is 3. The normalized spacial score (nSPS) is 10.8. The van der Waals surface area contributed by atoms with Crippen molar-refractivity contribution in [3.63, 3.8) is 0 Å². The fourth-order valence-corrected chi connectivity index (χ4v) is 10.0. The number of nitriles is 1. The van der Waals surface area contributed by atoms with Crippen LogP contribution in [-0.4, -0.2) is 32.7 Å². The predicted molar refractivity (Wildman–Crippen MR) is 272 cm³/mol. The lowest BCUT2D eigenvalue weighted by Gasteiger charge is -2.10. The van der Waals surface area contributed by atoms with Crippen LogP contribution in [0.5, 0.6) is 0 Å². The van der Waals surface area contributed by atoms with Crippen molar-refractivity contribution in [2.24, 2.45) is 5.73 Å². The number of primary amides is 1. The fraction of sp³-hybridized carbons (Fsp3) is 0.0196. The van der Waals surface area contributed by atoms with E-state index in [-0.39, 0.29) is 39.6 Å². The molecule has 0 fully saturated rings. The van der Waals surface area contributed by atoms with Crippen LogP contribution in [-0.2, 0) is 6.18 Å². The van der Waals surface area contributed by atoms with Crippen molar-refractivity contribution in [1.82, 2.24) is 20.4 Å². The summed E-state index contributed by atoms with van der Waals surface area (Å²) < 4.78 is 39.5. The Morgan fingerprint density at radius 3 is 1.58 bits per heavy atom. The molecule has 0 atom stereocenters. The Labute approximate surface area is 414 Å². The molecule has 0 radical (unpaired) electrons. The van der Waals surface area contributed by atoms with Gasteiger partial charge >= 0.3 is 18.2 Å². The second-order valence-electron chi connectivity index (χ2n) is 15.1. The number of hydrogen-bond acceptors (Lipinski definition) is 13. The van der Waals surface area contributed by atoms with Gasteiger partial charge in [-0.1, -0.05) is 91.0 Å². The number of thiophene rings is 3. The first-order valence-corrected chi connectivity index (χ1v) is 23.5. The molecule has 348 valence electrons. The molecule has 20 heteroatoms. The van der Waals surface area contributed by atoms with Crippen LogP contribution in [0.1, 0.15) is 47.8 Å². The number of aromatic nitrogens is 3. The summed E-state index contributed by atoms with van der Waals surface area (Å²) in [5.41, 5.74) is 11.3. The number of carbonyl (C=O) groups is 3. The van der Waals surface area contributed by atoms with E-state index in [4.69, 9.17) is 5.73 Å². The maximum Gasteiger partial charge on any atom is 0.417 e. The van der Waals surface area contributed by atoms with Crippen molar-refractivity contribution in [2.75, 3.05) is 21.3 Å². The molecule has 14 nitrogen and oxygen atoms in total. The Bertz CT molecular complexity index is 3530. The van der Waals surface area contributed by atoms with Crippen molar-refractivity contribution in [3.05, 3.63) is 196 Å². The highest BCUT2D eigenvalue weighted by Crippen LogP contribution is 2.40. The molecule has 0 aliphatic carbocycles. The number of nitrogens with one attached hydrogen (secondary N) is 5. The molecule has 0 unspecified atom stereocenters. The first-order valence-electron chi connectivity index (χ1n) is 21.0. The molecule has 71 heavy (non-hydrogen) atoms. The number of rotatable bonds is 13. The molecule has 0 bridgehead atoms. The Hall–Kier alpha value is -9.21. The Morgan fingerprint density at radius 1 is 0.592 bits per heavy atom. The van der Waals surface area contributed by atoms with Gasteiger partial charge in [0.15, 0.2) is 0 Å². The fourth-order valence-electron chi connectivity index (χ4n) is 6.84. The molecule has 0 saturated carbocycles. The van der Waals surface area contributed by atoms with Crippen molar-refractivity contribution in [3.8, 4) is 43.5 Å². The van der Waals surface area contributed by atoms with Gasteiger partial charge in [0.2, 0.25) is 0 Å². The van der Waals surface area contributed by atoms with Crippen LogP contribution in [0.4, 0.5) is 51.3 Å². The number of amides is 3. The van der Waals surface area contributed by atoms with Gasteiger partial charge in [0.1, 0.15) is 44.1 Å². The van der Waals surface area contributed by atoms with Crippen molar-refractivity contribution in [2.45, 2.75) is 6.18 Å². The van der Waals surface area contributed by atoms with Crippen LogP contribution in [0.2, 0.25) is 0 Å². The molecule has 6 aromatic heterocycles. The van der Waals surface area contributed by atoms with Crippen LogP contribution < -0.4 is 32.4 Å². The van der Waals surface area contributed by atoms with E-state index in [2.05, 4.69) is 58.7 Å². The summed E-state index contributed by atoms with van der Waals surface area (Å²) in [7, 11) is 0. The Morgan fingerprint density at radius 2 is 1.10 bits per heavy atom. The molecule has 9 aromatic rings. The molecular formula is C51H33F3N11O3S3+. The summed E-state index contributed by atoms with van der Waals surface area (Å²) in [6.45, 7) is 0. The second-order valence-corrected chi connectivity index (χ2v) is 18.3. The smallest absolute Gasteiger partial charge is 0.366 e. The molecule has 7 N–H and O–H groups in total. The van der Waals surface area contributed by atoms with E-state index < -0.39 is 29.5 Å². The summed E-state index contributed by atoms with van der Waals surface area (Å²) in [4.78, 5) is 59.0. The van der Waals surface area contributed by atoms with E-state index in [1.807, 2.05) is 91.0 Å². The summed E-state index contributed by atoms with van der Waals surface area (Å²) in [5, 5.41) is 23.4. The third-order valence-corrected chi connectivity index (χ3v) is 13.6. The number of nitrogens with zero attached hydrogens (tertiary/aromatic N) is 5. The van der Waals surface area contributed by atoms with Crippen LogP contribution >= 0.6 is 34.0 Å². The molecule has 9 rings (SSSR count). The van der Waals surface area contributed by atoms with E-state index >= 15 is 0 Å². The molecule has 0 aliphatic heterocycles. The van der Waals surface area contributed by atoms with Gasteiger partial charge in [-0.3, -0.25) is 14.4 Å². The van der Waals surface area contributed by atoms with E-state index in [0.29, 0.717) is 32.6 Å². The van der Waals surface area contributed by atoms with Gasteiger partial charge < -0.3 is 27.0 Å². The molecule has 3 aromatic carbocycles. The molecule has 3 amide bonds. The number of halogens is 3. The topological polar surface area (TPSA) is 204 Å². The van der Waals surface area contributed by atoms with E-state index in [0.717, 1.165) is 37.4 Å². The zero-order chi connectivity index (χ0) is 49.5. The predicted octanol–water partition coefficient (Wildman–Crippen LogP) is 12.6. The Kier molecular flexibility index (Phi) is 13.6. The maximum absolute atomic E-state index is 14.0. The molecule has 0 spiro atoms. The molecule has 0 aliphatic rings. The van der Waals surface area contributed by atoms with Gasteiger partial charge in [0, 0.05) is 20.8 Å². The van der Waals surface area contributed by atoms with E-state index in [1.54, 1.807) is 30.3 Å². The maximum atomic E-state index is 14.0. The van der Waals surface area contributed by atoms with E-state index in [1.165, 1.54) is 58.5 Å². The van der Waals surface area contributed by atoms with Crippen molar-refractivity contribution in [1.29, 1.82) is 5.26 Å². The van der Waals surface area contributed by atoms with E-state index in [9.17, 15) is 32.8 Å². The molecular weight excluding hydrogens is 968 g/mol. The van der Waals surface area contributed by atoms with Crippen molar-refractivity contribution < 1.29 is 27.6 Å².